The molecule has 106 valence electrons. The van der Waals surface area contributed by atoms with E-state index in [2.05, 4.69) is 4.72 Å². The van der Waals surface area contributed by atoms with Gasteiger partial charge in [0.1, 0.15) is 4.90 Å². The molecule has 4 nitrogen and oxygen atoms in total. The van der Waals surface area contributed by atoms with Gasteiger partial charge in [-0.1, -0.05) is 29.3 Å². The summed E-state index contributed by atoms with van der Waals surface area (Å²) >= 11 is 5.83. The molecule has 2 aromatic rings. The fourth-order valence-electron chi connectivity index (χ4n) is 1.87. The molecular formula is C14H15ClN2O2S. The highest BCUT2D eigenvalue weighted by molar-refractivity contribution is 7.92. The molecule has 6 heteroatoms. The molecule has 0 atom stereocenters. The van der Waals surface area contributed by atoms with Crippen LogP contribution in [0.5, 0.6) is 0 Å². The molecule has 0 spiro atoms. The number of halogens is 1. The molecule has 0 unspecified atom stereocenters. The van der Waals surface area contributed by atoms with Crippen molar-refractivity contribution in [3.05, 3.63) is 52.5 Å². The number of nitrogen functional groups attached to an aromatic ring is 1. The van der Waals surface area contributed by atoms with Gasteiger partial charge < -0.3 is 5.73 Å². The largest absolute Gasteiger partial charge is 0.398 e. The van der Waals surface area contributed by atoms with E-state index in [1.165, 1.54) is 12.1 Å². The highest BCUT2D eigenvalue weighted by Gasteiger charge is 2.18. The molecule has 2 rings (SSSR count). The van der Waals surface area contributed by atoms with E-state index in [-0.39, 0.29) is 10.6 Å². The summed E-state index contributed by atoms with van der Waals surface area (Å²) in [4.78, 5) is -0.0232. The lowest BCUT2D eigenvalue weighted by Crippen LogP contribution is -2.15. The van der Waals surface area contributed by atoms with E-state index in [0.717, 1.165) is 11.1 Å². The molecular weight excluding hydrogens is 296 g/mol. The van der Waals surface area contributed by atoms with E-state index >= 15 is 0 Å². The van der Waals surface area contributed by atoms with Gasteiger partial charge in [0, 0.05) is 5.02 Å². The number of anilines is 2. The summed E-state index contributed by atoms with van der Waals surface area (Å²) < 4.78 is 27.3. The Hall–Kier alpha value is -1.72. The number of aryl methyl sites for hydroxylation is 2. The molecule has 2 aromatic carbocycles. The average molecular weight is 311 g/mol. The number of nitrogens with one attached hydrogen (secondary N) is 1. The van der Waals surface area contributed by atoms with Crippen molar-refractivity contribution < 1.29 is 8.42 Å². The summed E-state index contributed by atoms with van der Waals surface area (Å²) in [5, 5.41) is 0.320. The first-order valence-electron chi connectivity index (χ1n) is 5.95. The maximum atomic E-state index is 12.4. The van der Waals surface area contributed by atoms with Crippen molar-refractivity contribution in [3.8, 4) is 0 Å². The Labute approximate surface area is 123 Å². The number of hydrogen-bond acceptors (Lipinski definition) is 3. The minimum atomic E-state index is -3.76. The van der Waals surface area contributed by atoms with Crippen molar-refractivity contribution >= 4 is 33.0 Å². The maximum absolute atomic E-state index is 12.4. The number of benzene rings is 2. The third-order valence-corrected chi connectivity index (χ3v) is 4.55. The minimum Gasteiger partial charge on any atom is -0.398 e. The summed E-state index contributed by atoms with van der Waals surface area (Å²) in [5.74, 6) is 0. The minimum absolute atomic E-state index is 0.0232. The molecule has 0 radical (unpaired) electrons. The summed E-state index contributed by atoms with van der Waals surface area (Å²) in [5.41, 5.74) is 8.30. The predicted octanol–water partition coefficient (Wildman–Crippen LogP) is 3.34. The van der Waals surface area contributed by atoms with Gasteiger partial charge in [0.25, 0.3) is 10.0 Å². The van der Waals surface area contributed by atoms with Crippen molar-refractivity contribution in [3.63, 3.8) is 0 Å². The van der Waals surface area contributed by atoms with Gasteiger partial charge in [0.2, 0.25) is 0 Å². The number of sulfonamides is 1. The van der Waals surface area contributed by atoms with Crippen molar-refractivity contribution in [1.82, 2.24) is 0 Å². The second-order valence-corrected chi connectivity index (χ2v) is 6.69. The SMILES string of the molecule is Cc1ccc(NS(=O)(=O)c2cc(Cl)ccc2N)c(C)c1. The summed E-state index contributed by atoms with van der Waals surface area (Å²) in [6, 6.07) is 9.82. The summed E-state index contributed by atoms with van der Waals surface area (Å²) in [6.45, 7) is 3.78. The molecule has 0 aliphatic rings. The lowest BCUT2D eigenvalue weighted by molar-refractivity contribution is 0.601. The van der Waals surface area contributed by atoms with Crippen molar-refractivity contribution in [1.29, 1.82) is 0 Å². The van der Waals surface area contributed by atoms with Crippen LogP contribution in [0.15, 0.2) is 41.3 Å². The maximum Gasteiger partial charge on any atom is 0.264 e. The lowest BCUT2D eigenvalue weighted by atomic mass is 10.1. The standard InChI is InChI=1S/C14H15ClN2O2S/c1-9-3-6-13(10(2)7-9)17-20(18,19)14-8-11(15)4-5-12(14)16/h3-8,17H,16H2,1-2H3. The van der Waals surface area contributed by atoms with Gasteiger partial charge >= 0.3 is 0 Å². The Balaban J connectivity index is 2.43. The van der Waals surface area contributed by atoms with Gasteiger partial charge in [0.05, 0.1) is 11.4 Å². The van der Waals surface area contributed by atoms with Crippen LogP contribution in [0.3, 0.4) is 0 Å². The van der Waals surface area contributed by atoms with Gasteiger partial charge in [-0.15, -0.1) is 0 Å². The van der Waals surface area contributed by atoms with Gasteiger partial charge in [-0.05, 0) is 43.7 Å². The first-order chi connectivity index (χ1) is 9.29. The molecule has 0 fully saturated rings. The van der Waals surface area contributed by atoms with E-state index < -0.39 is 10.0 Å². The number of hydrogen-bond donors (Lipinski definition) is 2. The van der Waals surface area contributed by atoms with Crippen LogP contribution in [0.25, 0.3) is 0 Å². The Kier molecular flexibility index (Phi) is 3.92. The van der Waals surface area contributed by atoms with Gasteiger partial charge in [-0.2, -0.15) is 0 Å². The Morgan fingerprint density at radius 3 is 2.45 bits per heavy atom. The molecule has 0 amide bonds. The van der Waals surface area contributed by atoms with Gasteiger partial charge in [0.15, 0.2) is 0 Å². The first-order valence-corrected chi connectivity index (χ1v) is 7.81. The van der Waals surface area contributed by atoms with Gasteiger partial charge in [-0.3, -0.25) is 4.72 Å². The molecule has 0 saturated carbocycles. The van der Waals surface area contributed by atoms with E-state index in [1.807, 2.05) is 26.0 Å². The first kappa shape index (κ1) is 14.7. The van der Waals surface area contributed by atoms with Crippen molar-refractivity contribution in [2.45, 2.75) is 18.7 Å². The molecule has 20 heavy (non-hydrogen) atoms. The average Bonchev–Trinajstić information content (AvgIpc) is 2.35. The normalized spacial score (nSPS) is 11.3. The van der Waals surface area contributed by atoms with Crippen LogP contribution in [0.4, 0.5) is 11.4 Å². The molecule has 0 bridgehead atoms. The van der Waals surface area contributed by atoms with Crippen molar-refractivity contribution in [2.24, 2.45) is 0 Å². The molecule has 0 heterocycles. The summed E-state index contributed by atoms with van der Waals surface area (Å²) in [7, 11) is -3.76. The third kappa shape index (κ3) is 3.05. The van der Waals surface area contributed by atoms with Crippen LogP contribution < -0.4 is 10.5 Å². The topological polar surface area (TPSA) is 72.2 Å². The van der Waals surface area contributed by atoms with E-state index in [1.54, 1.807) is 12.1 Å². The molecule has 0 aromatic heterocycles. The highest BCUT2D eigenvalue weighted by Crippen LogP contribution is 2.26. The Morgan fingerprint density at radius 1 is 1.10 bits per heavy atom. The van der Waals surface area contributed by atoms with Crippen LogP contribution >= 0.6 is 11.6 Å². The second kappa shape index (κ2) is 5.34. The number of nitrogens with two attached hydrogens (primary N) is 1. The molecule has 0 aliphatic carbocycles. The third-order valence-electron chi connectivity index (χ3n) is 2.89. The van der Waals surface area contributed by atoms with Crippen LogP contribution in [-0.2, 0) is 10.0 Å². The molecule has 3 N–H and O–H groups in total. The van der Waals surface area contributed by atoms with Gasteiger partial charge in [-0.25, -0.2) is 8.42 Å². The predicted molar refractivity (Wildman–Crippen MR) is 82.6 cm³/mol. The monoisotopic (exact) mass is 310 g/mol. The van der Waals surface area contributed by atoms with Crippen LogP contribution in [0.2, 0.25) is 5.02 Å². The smallest absolute Gasteiger partial charge is 0.264 e. The van der Waals surface area contributed by atoms with E-state index in [4.69, 9.17) is 17.3 Å². The van der Waals surface area contributed by atoms with Crippen LogP contribution in [0, 0.1) is 13.8 Å². The molecule has 0 aliphatic heterocycles. The fourth-order valence-corrected chi connectivity index (χ4v) is 3.39. The van der Waals surface area contributed by atoms with Crippen LogP contribution in [-0.4, -0.2) is 8.42 Å². The highest BCUT2D eigenvalue weighted by atomic mass is 35.5. The quantitative estimate of drug-likeness (QED) is 0.854. The Bertz CT molecular complexity index is 758. The van der Waals surface area contributed by atoms with Crippen LogP contribution in [0.1, 0.15) is 11.1 Å². The zero-order valence-corrected chi connectivity index (χ0v) is 12.7. The van der Waals surface area contributed by atoms with Crippen molar-refractivity contribution in [2.75, 3.05) is 10.5 Å². The van der Waals surface area contributed by atoms with E-state index in [9.17, 15) is 8.42 Å². The fraction of sp³-hybridized carbons (Fsp3) is 0.143. The number of rotatable bonds is 3. The zero-order valence-electron chi connectivity index (χ0n) is 11.1. The lowest BCUT2D eigenvalue weighted by Gasteiger charge is -2.12. The zero-order chi connectivity index (χ0) is 14.9. The Morgan fingerprint density at radius 2 is 1.80 bits per heavy atom. The molecule has 0 saturated heterocycles. The summed E-state index contributed by atoms with van der Waals surface area (Å²) in [6.07, 6.45) is 0. The second-order valence-electron chi connectivity index (χ2n) is 4.61. The van der Waals surface area contributed by atoms with E-state index in [0.29, 0.717) is 10.7 Å².